The molecule has 3 heteroatoms. The van der Waals surface area contributed by atoms with E-state index in [9.17, 15) is 4.79 Å². The molecule has 2 aliphatic heterocycles. The Balaban J connectivity index is 2.25. The van der Waals surface area contributed by atoms with Crippen molar-refractivity contribution in [1.29, 1.82) is 0 Å². The molecule has 56 valence electrons. The van der Waals surface area contributed by atoms with Crippen molar-refractivity contribution in [2.24, 2.45) is 4.99 Å². The lowest BCUT2D eigenvalue weighted by Gasteiger charge is -2.14. The molecule has 0 fully saturated rings. The van der Waals surface area contributed by atoms with Gasteiger partial charge in [-0.1, -0.05) is 6.08 Å². The van der Waals surface area contributed by atoms with E-state index in [1.165, 1.54) is 0 Å². The first-order valence-corrected chi connectivity index (χ1v) is 3.55. The third kappa shape index (κ3) is 0.981. The van der Waals surface area contributed by atoms with Gasteiger partial charge in [-0.2, -0.15) is 0 Å². The Kier molecular flexibility index (Phi) is 1.35. The maximum absolute atomic E-state index is 10.4. The van der Waals surface area contributed by atoms with Crippen molar-refractivity contribution in [1.82, 2.24) is 4.90 Å². The lowest BCUT2D eigenvalue weighted by Crippen LogP contribution is -2.24. The van der Waals surface area contributed by atoms with E-state index in [0.717, 1.165) is 12.1 Å². The molecule has 1 unspecified atom stereocenters. The maximum atomic E-state index is 10.4. The summed E-state index contributed by atoms with van der Waals surface area (Å²) in [6.07, 6.45) is 8.58. The van der Waals surface area contributed by atoms with E-state index in [1.54, 1.807) is 0 Å². The average Bonchev–Trinajstić information content (AvgIpc) is 2.46. The summed E-state index contributed by atoms with van der Waals surface area (Å²) in [6.45, 7) is 0.694. The second kappa shape index (κ2) is 2.34. The molecule has 2 aliphatic rings. The van der Waals surface area contributed by atoms with Gasteiger partial charge in [0.15, 0.2) is 0 Å². The summed E-state index contributed by atoms with van der Waals surface area (Å²) in [6, 6.07) is -0.169. The fourth-order valence-corrected chi connectivity index (χ4v) is 1.22. The smallest absolute Gasteiger partial charge is 0.146 e. The first-order chi connectivity index (χ1) is 5.40. The van der Waals surface area contributed by atoms with Crippen LogP contribution in [0.5, 0.6) is 0 Å². The van der Waals surface area contributed by atoms with Crippen LogP contribution in [0.15, 0.2) is 29.4 Å². The van der Waals surface area contributed by atoms with E-state index in [1.807, 2.05) is 29.3 Å². The van der Waals surface area contributed by atoms with Gasteiger partial charge in [0.05, 0.1) is 6.54 Å². The standard InChI is InChI=1S/C8H8N2O/c11-6-7-5-10-4-2-1-3-8(10)9-7/h1-4,6-7H,5H2. The summed E-state index contributed by atoms with van der Waals surface area (Å²) in [5.41, 5.74) is 0. The number of amidine groups is 1. The Labute approximate surface area is 64.7 Å². The van der Waals surface area contributed by atoms with Crippen molar-refractivity contribution in [2.45, 2.75) is 6.04 Å². The predicted molar refractivity (Wildman–Crippen MR) is 42.3 cm³/mol. The molecule has 0 aromatic carbocycles. The van der Waals surface area contributed by atoms with E-state index in [-0.39, 0.29) is 6.04 Å². The molecule has 2 rings (SSSR count). The number of carbonyl (C=O) groups is 1. The SMILES string of the molecule is O=CC1CN2C=CC=CC2=N1. The van der Waals surface area contributed by atoms with Crippen LogP contribution in [0.1, 0.15) is 0 Å². The largest absolute Gasteiger partial charge is 0.331 e. The number of hydrogen-bond donors (Lipinski definition) is 0. The van der Waals surface area contributed by atoms with Gasteiger partial charge in [0, 0.05) is 6.20 Å². The number of nitrogens with zero attached hydrogens (tertiary/aromatic N) is 2. The van der Waals surface area contributed by atoms with Gasteiger partial charge in [-0.3, -0.25) is 4.99 Å². The monoisotopic (exact) mass is 148 g/mol. The van der Waals surface area contributed by atoms with Crippen molar-refractivity contribution >= 4 is 12.1 Å². The zero-order chi connectivity index (χ0) is 7.68. The number of allylic oxidation sites excluding steroid dienone is 2. The minimum atomic E-state index is -0.169. The third-order valence-corrected chi connectivity index (χ3v) is 1.76. The summed E-state index contributed by atoms with van der Waals surface area (Å²) in [4.78, 5) is 16.5. The number of carbonyl (C=O) groups excluding carboxylic acids is 1. The van der Waals surface area contributed by atoms with Crippen LogP contribution in [0, 0.1) is 0 Å². The zero-order valence-corrected chi connectivity index (χ0v) is 5.97. The Morgan fingerprint density at radius 2 is 2.55 bits per heavy atom. The van der Waals surface area contributed by atoms with E-state index in [4.69, 9.17) is 0 Å². The van der Waals surface area contributed by atoms with Gasteiger partial charge in [0.1, 0.15) is 18.2 Å². The average molecular weight is 148 g/mol. The zero-order valence-electron chi connectivity index (χ0n) is 5.97. The highest BCUT2D eigenvalue weighted by atomic mass is 16.1. The number of aliphatic imine (C=N–C) groups is 1. The van der Waals surface area contributed by atoms with Gasteiger partial charge < -0.3 is 9.69 Å². The van der Waals surface area contributed by atoms with Crippen molar-refractivity contribution in [2.75, 3.05) is 6.54 Å². The molecule has 0 amide bonds. The fourth-order valence-electron chi connectivity index (χ4n) is 1.22. The highest BCUT2D eigenvalue weighted by Gasteiger charge is 2.21. The van der Waals surface area contributed by atoms with Crippen molar-refractivity contribution in [3.63, 3.8) is 0 Å². The Morgan fingerprint density at radius 1 is 1.64 bits per heavy atom. The molecule has 11 heavy (non-hydrogen) atoms. The summed E-state index contributed by atoms with van der Waals surface area (Å²) in [7, 11) is 0. The van der Waals surface area contributed by atoms with Crippen LogP contribution in [-0.4, -0.2) is 29.6 Å². The molecule has 0 aromatic heterocycles. The molecule has 2 heterocycles. The van der Waals surface area contributed by atoms with Crippen LogP contribution in [0.25, 0.3) is 0 Å². The molecule has 0 bridgehead atoms. The molecule has 0 saturated heterocycles. The van der Waals surface area contributed by atoms with Crippen LogP contribution in [0.2, 0.25) is 0 Å². The minimum absolute atomic E-state index is 0.169. The minimum Gasteiger partial charge on any atom is -0.331 e. The predicted octanol–water partition coefficient (Wildman–Crippen LogP) is 0.352. The summed E-state index contributed by atoms with van der Waals surface area (Å²) in [5, 5.41) is 0. The maximum Gasteiger partial charge on any atom is 0.146 e. The molecule has 0 N–H and O–H groups in total. The van der Waals surface area contributed by atoms with Crippen LogP contribution >= 0.6 is 0 Å². The Morgan fingerprint density at radius 3 is 3.27 bits per heavy atom. The Bertz CT molecular complexity index is 265. The molecule has 3 nitrogen and oxygen atoms in total. The number of fused-ring (bicyclic) bond motifs is 1. The topological polar surface area (TPSA) is 32.7 Å². The molecular formula is C8H8N2O. The van der Waals surface area contributed by atoms with Gasteiger partial charge in [-0.25, -0.2) is 0 Å². The molecule has 0 aliphatic carbocycles. The lowest BCUT2D eigenvalue weighted by atomic mass is 10.3. The summed E-state index contributed by atoms with van der Waals surface area (Å²) < 4.78 is 0. The van der Waals surface area contributed by atoms with Gasteiger partial charge >= 0.3 is 0 Å². The highest BCUT2D eigenvalue weighted by molar-refractivity contribution is 5.97. The van der Waals surface area contributed by atoms with Crippen LogP contribution in [-0.2, 0) is 4.79 Å². The third-order valence-electron chi connectivity index (χ3n) is 1.76. The highest BCUT2D eigenvalue weighted by Crippen LogP contribution is 2.11. The van der Waals surface area contributed by atoms with Crippen molar-refractivity contribution in [3.05, 3.63) is 24.4 Å². The quantitative estimate of drug-likeness (QED) is 0.503. The van der Waals surface area contributed by atoms with E-state index < -0.39 is 0 Å². The molecular weight excluding hydrogens is 140 g/mol. The second-order valence-electron chi connectivity index (χ2n) is 2.54. The van der Waals surface area contributed by atoms with Crippen molar-refractivity contribution in [3.8, 4) is 0 Å². The van der Waals surface area contributed by atoms with E-state index >= 15 is 0 Å². The number of rotatable bonds is 1. The van der Waals surface area contributed by atoms with Gasteiger partial charge in [-0.05, 0) is 12.2 Å². The number of aldehydes is 1. The van der Waals surface area contributed by atoms with Crippen molar-refractivity contribution < 1.29 is 4.79 Å². The molecule has 1 atom stereocenters. The van der Waals surface area contributed by atoms with Crippen LogP contribution in [0.4, 0.5) is 0 Å². The summed E-state index contributed by atoms with van der Waals surface area (Å²) in [5.74, 6) is 0.893. The van der Waals surface area contributed by atoms with E-state index in [2.05, 4.69) is 4.99 Å². The fraction of sp³-hybridized carbons (Fsp3) is 0.250. The van der Waals surface area contributed by atoms with Gasteiger partial charge in [0.25, 0.3) is 0 Å². The first-order valence-electron chi connectivity index (χ1n) is 3.55. The first kappa shape index (κ1) is 6.34. The molecule has 0 spiro atoms. The van der Waals surface area contributed by atoms with Gasteiger partial charge in [0.2, 0.25) is 0 Å². The number of hydrogen-bond acceptors (Lipinski definition) is 3. The van der Waals surface area contributed by atoms with Crippen LogP contribution < -0.4 is 0 Å². The molecule has 0 saturated carbocycles. The summed E-state index contributed by atoms with van der Waals surface area (Å²) >= 11 is 0. The Hall–Kier alpha value is -1.38. The molecule has 0 aromatic rings. The molecule has 0 radical (unpaired) electrons. The van der Waals surface area contributed by atoms with Crippen LogP contribution in [0.3, 0.4) is 0 Å². The van der Waals surface area contributed by atoms with E-state index in [0.29, 0.717) is 6.54 Å². The normalized spacial score (nSPS) is 26.7. The van der Waals surface area contributed by atoms with Gasteiger partial charge in [-0.15, -0.1) is 0 Å². The lowest BCUT2D eigenvalue weighted by molar-refractivity contribution is -0.108. The second-order valence-corrected chi connectivity index (χ2v) is 2.54.